The van der Waals surface area contributed by atoms with Crippen molar-refractivity contribution in [3.05, 3.63) is 71.3 Å². The minimum absolute atomic E-state index is 0.0751. The molecule has 1 atom stereocenters. The number of carbonyl (C=O) groups excluding carboxylic acids is 1. The van der Waals surface area contributed by atoms with Crippen molar-refractivity contribution in [3.63, 3.8) is 0 Å². The van der Waals surface area contributed by atoms with Gasteiger partial charge < -0.3 is 10.6 Å². The average Bonchev–Trinajstić information content (AvgIpc) is 2.54. The lowest BCUT2D eigenvalue weighted by Crippen LogP contribution is -2.39. The molecule has 0 saturated heterocycles. The molecule has 1 amide bonds. The fourth-order valence-corrected chi connectivity index (χ4v) is 2.83. The lowest BCUT2D eigenvalue weighted by molar-refractivity contribution is -0.120. The summed E-state index contributed by atoms with van der Waals surface area (Å²) < 4.78 is 0. The molecule has 1 aliphatic rings. The minimum Gasteiger partial charge on any atom is -0.354 e. The van der Waals surface area contributed by atoms with Crippen LogP contribution in [0.15, 0.2) is 54.6 Å². The Hall–Kier alpha value is -2.13. The Morgan fingerprint density at radius 2 is 1.86 bits per heavy atom. The van der Waals surface area contributed by atoms with Crippen molar-refractivity contribution in [2.45, 2.75) is 18.9 Å². The maximum Gasteiger partial charge on any atom is 0.224 e. The lowest BCUT2D eigenvalue weighted by atomic mass is 9.94. The van der Waals surface area contributed by atoms with Crippen LogP contribution in [0.4, 0.5) is 0 Å². The summed E-state index contributed by atoms with van der Waals surface area (Å²) in [5.41, 5.74) is 3.74. The molecule has 1 aliphatic heterocycles. The SMILES string of the molecule is O=C(Cc1ccccc1)NCC1NCCc2ccccc21. The van der Waals surface area contributed by atoms with Crippen LogP contribution in [-0.2, 0) is 17.6 Å². The molecular weight excluding hydrogens is 260 g/mol. The van der Waals surface area contributed by atoms with Gasteiger partial charge in [0.05, 0.1) is 6.42 Å². The largest absolute Gasteiger partial charge is 0.354 e. The number of carbonyl (C=O) groups is 1. The Bertz CT molecular complexity index is 610. The standard InChI is InChI=1S/C18H20N2O/c21-18(12-14-6-2-1-3-7-14)20-13-17-16-9-5-4-8-15(16)10-11-19-17/h1-9,17,19H,10-13H2,(H,20,21). The Kier molecular flexibility index (Phi) is 4.31. The van der Waals surface area contributed by atoms with E-state index >= 15 is 0 Å². The number of hydrogen-bond donors (Lipinski definition) is 2. The third-order valence-corrected chi connectivity index (χ3v) is 3.93. The zero-order chi connectivity index (χ0) is 14.5. The summed E-state index contributed by atoms with van der Waals surface area (Å²) in [6.45, 7) is 1.61. The van der Waals surface area contributed by atoms with E-state index < -0.39 is 0 Å². The van der Waals surface area contributed by atoms with Gasteiger partial charge in [-0.05, 0) is 29.7 Å². The normalized spacial score (nSPS) is 17.0. The third-order valence-electron chi connectivity index (χ3n) is 3.93. The topological polar surface area (TPSA) is 41.1 Å². The highest BCUT2D eigenvalue weighted by molar-refractivity contribution is 5.78. The molecule has 2 aromatic rings. The van der Waals surface area contributed by atoms with Crippen LogP contribution in [0, 0.1) is 0 Å². The predicted octanol–water partition coefficient (Wildman–Crippen LogP) is 2.23. The summed E-state index contributed by atoms with van der Waals surface area (Å²) in [5.74, 6) is 0.0751. The summed E-state index contributed by atoms with van der Waals surface area (Å²) in [5, 5.41) is 6.52. The van der Waals surface area contributed by atoms with Gasteiger partial charge in [0.2, 0.25) is 5.91 Å². The number of hydrogen-bond acceptors (Lipinski definition) is 2. The quantitative estimate of drug-likeness (QED) is 0.902. The van der Waals surface area contributed by atoms with Crippen LogP contribution in [-0.4, -0.2) is 19.0 Å². The van der Waals surface area contributed by atoms with Gasteiger partial charge in [-0.15, -0.1) is 0 Å². The Labute approximate surface area is 125 Å². The van der Waals surface area contributed by atoms with Crippen molar-refractivity contribution in [3.8, 4) is 0 Å². The van der Waals surface area contributed by atoms with Gasteiger partial charge in [0, 0.05) is 12.6 Å². The predicted molar refractivity (Wildman–Crippen MR) is 84.0 cm³/mol. The van der Waals surface area contributed by atoms with Crippen molar-refractivity contribution in [2.24, 2.45) is 0 Å². The van der Waals surface area contributed by atoms with Crippen LogP contribution in [0.25, 0.3) is 0 Å². The number of fused-ring (bicyclic) bond motifs is 1. The number of rotatable bonds is 4. The van der Waals surface area contributed by atoms with E-state index in [2.05, 4.69) is 34.9 Å². The van der Waals surface area contributed by atoms with Gasteiger partial charge in [-0.3, -0.25) is 4.79 Å². The van der Waals surface area contributed by atoms with Crippen LogP contribution in [0.1, 0.15) is 22.7 Å². The van der Waals surface area contributed by atoms with Gasteiger partial charge in [0.1, 0.15) is 0 Å². The van der Waals surface area contributed by atoms with E-state index in [1.54, 1.807) is 0 Å². The van der Waals surface area contributed by atoms with Crippen molar-refractivity contribution in [2.75, 3.05) is 13.1 Å². The zero-order valence-corrected chi connectivity index (χ0v) is 12.0. The molecule has 0 saturated carbocycles. The first-order valence-corrected chi connectivity index (χ1v) is 7.45. The number of amides is 1. The molecule has 1 unspecified atom stereocenters. The average molecular weight is 280 g/mol. The lowest BCUT2D eigenvalue weighted by Gasteiger charge is -2.27. The maximum absolute atomic E-state index is 12.0. The highest BCUT2D eigenvalue weighted by atomic mass is 16.1. The monoisotopic (exact) mass is 280 g/mol. The summed E-state index contributed by atoms with van der Waals surface area (Å²) in [7, 11) is 0. The highest BCUT2D eigenvalue weighted by Crippen LogP contribution is 2.21. The molecule has 3 nitrogen and oxygen atoms in total. The smallest absolute Gasteiger partial charge is 0.224 e. The molecule has 1 heterocycles. The first-order chi connectivity index (χ1) is 10.3. The molecule has 0 radical (unpaired) electrons. The summed E-state index contributed by atoms with van der Waals surface area (Å²) in [6, 6.07) is 18.5. The van der Waals surface area contributed by atoms with E-state index in [9.17, 15) is 4.79 Å². The van der Waals surface area contributed by atoms with Crippen LogP contribution in [0.5, 0.6) is 0 Å². The van der Waals surface area contributed by atoms with E-state index in [-0.39, 0.29) is 11.9 Å². The first-order valence-electron chi connectivity index (χ1n) is 7.45. The van der Waals surface area contributed by atoms with Gasteiger partial charge in [-0.25, -0.2) is 0 Å². The molecule has 2 aromatic carbocycles. The fourth-order valence-electron chi connectivity index (χ4n) is 2.83. The van der Waals surface area contributed by atoms with Gasteiger partial charge in [-0.2, -0.15) is 0 Å². The van der Waals surface area contributed by atoms with Crippen molar-refractivity contribution >= 4 is 5.91 Å². The second-order valence-corrected chi connectivity index (χ2v) is 5.42. The van der Waals surface area contributed by atoms with Crippen molar-refractivity contribution in [1.29, 1.82) is 0 Å². The van der Waals surface area contributed by atoms with E-state index in [1.165, 1.54) is 11.1 Å². The molecule has 0 aliphatic carbocycles. The van der Waals surface area contributed by atoms with Gasteiger partial charge in [-0.1, -0.05) is 54.6 Å². The molecule has 3 heteroatoms. The molecule has 3 rings (SSSR count). The van der Waals surface area contributed by atoms with Crippen LogP contribution in [0.3, 0.4) is 0 Å². The van der Waals surface area contributed by atoms with E-state index in [4.69, 9.17) is 0 Å². The Balaban J connectivity index is 1.57. The molecule has 0 aromatic heterocycles. The van der Waals surface area contributed by atoms with Crippen molar-refractivity contribution < 1.29 is 4.79 Å². The number of benzene rings is 2. The summed E-state index contributed by atoms with van der Waals surface area (Å²) in [4.78, 5) is 12.0. The zero-order valence-electron chi connectivity index (χ0n) is 12.0. The molecule has 0 fully saturated rings. The Morgan fingerprint density at radius 3 is 2.71 bits per heavy atom. The molecule has 0 spiro atoms. The van der Waals surface area contributed by atoms with Gasteiger partial charge in [0.15, 0.2) is 0 Å². The maximum atomic E-state index is 12.0. The minimum atomic E-state index is 0.0751. The first kappa shape index (κ1) is 13.8. The summed E-state index contributed by atoms with van der Waals surface area (Å²) in [6.07, 6.45) is 1.50. The molecule has 2 N–H and O–H groups in total. The Morgan fingerprint density at radius 1 is 1.10 bits per heavy atom. The van der Waals surface area contributed by atoms with E-state index in [0.717, 1.165) is 18.5 Å². The highest BCUT2D eigenvalue weighted by Gasteiger charge is 2.19. The fraction of sp³-hybridized carbons (Fsp3) is 0.278. The molecular formula is C18H20N2O. The van der Waals surface area contributed by atoms with Crippen molar-refractivity contribution in [1.82, 2.24) is 10.6 Å². The van der Waals surface area contributed by atoms with Gasteiger partial charge in [0.25, 0.3) is 0 Å². The molecule has 0 bridgehead atoms. The van der Waals surface area contributed by atoms with E-state index in [1.807, 2.05) is 30.3 Å². The summed E-state index contributed by atoms with van der Waals surface area (Å²) >= 11 is 0. The molecule has 21 heavy (non-hydrogen) atoms. The third kappa shape index (κ3) is 3.50. The molecule has 108 valence electrons. The second-order valence-electron chi connectivity index (χ2n) is 5.42. The van der Waals surface area contributed by atoms with Crippen LogP contribution in [0.2, 0.25) is 0 Å². The van der Waals surface area contributed by atoms with Crippen LogP contribution < -0.4 is 10.6 Å². The second kappa shape index (κ2) is 6.55. The number of nitrogens with one attached hydrogen (secondary N) is 2. The van der Waals surface area contributed by atoms with Gasteiger partial charge >= 0.3 is 0 Å². The van der Waals surface area contributed by atoms with Crippen LogP contribution >= 0.6 is 0 Å². The van der Waals surface area contributed by atoms with E-state index in [0.29, 0.717) is 13.0 Å².